The van der Waals surface area contributed by atoms with Crippen LogP contribution in [-0.2, 0) is 27.4 Å². The molecule has 0 fully saturated rings. The molecule has 2 atom stereocenters. The van der Waals surface area contributed by atoms with Crippen LogP contribution < -0.4 is 4.74 Å². The van der Waals surface area contributed by atoms with Crippen LogP contribution in [0.5, 0.6) is 5.75 Å². The summed E-state index contributed by atoms with van der Waals surface area (Å²) in [5, 5.41) is 0. The van der Waals surface area contributed by atoms with Crippen molar-refractivity contribution in [2.75, 3.05) is 0 Å². The molecule has 0 spiro atoms. The maximum Gasteiger partial charge on any atom is 0.305 e. The Morgan fingerprint density at radius 3 is 2.17 bits per heavy atom. The lowest BCUT2D eigenvalue weighted by molar-refractivity contribution is 0.0110. The van der Waals surface area contributed by atoms with Crippen molar-refractivity contribution in [1.29, 1.82) is 0 Å². The van der Waals surface area contributed by atoms with E-state index in [4.69, 9.17) is 13.5 Å². The number of rotatable bonds is 6. The topological polar surface area (TPSA) is 55.8 Å². The van der Waals surface area contributed by atoms with Gasteiger partial charge in [-0.25, -0.2) is 4.18 Å². The van der Waals surface area contributed by atoms with Gasteiger partial charge in [-0.05, 0) is 28.7 Å². The van der Waals surface area contributed by atoms with Crippen LogP contribution in [-0.4, -0.2) is 15.1 Å². The van der Waals surface area contributed by atoms with Gasteiger partial charge in [0.2, 0.25) is 6.29 Å². The Hall–Kier alpha value is -1.69. The minimum absolute atomic E-state index is 0.0606. The minimum atomic E-state index is -2.39. The van der Waals surface area contributed by atoms with E-state index in [1.54, 1.807) is 0 Å². The molecule has 2 aromatic rings. The third-order valence-electron chi connectivity index (χ3n) is 3.42. The Kier molecular flexibility index (Phi) is 5.93. The molecule has 4 nitrogen and oxygen atoms in total. The smallest absolute Gasteiger partial charge is 0.305 e. The van der Waals surface area contributed by atoms with Crippen LogP contribution in [0.2, 0.25) is 0 Å². The largest absolute Gasteiger partial charge is 0.463 e. The fourth-order valence-corrected chi connectivity index (χ4v) is 2.47. The van der Waals surface area contributed by atoms with E-state index >= 15 is 0 Å². The molecular weight excluding hydrogens is 312 g/mol. The molecule has 23 heavy (non-hydrogen) atoms. The molecule has 124 valence electrons. The van der Waals surface area contributed by atoms with E-state index in [1.165, 1.54) is 5.56 Å². The molecule has 0 aliphatic heterocycles. The molecule has 0 radical (unpaired) electrons. The Labute approximate surface area is 139 Å². The van der Waals surface area contributed by atoms with Gasteiger partial charge < -0.3 is 4.74 Å². The van der Waals surface area contributed by atoms with Crippen LogP contribution in [0.4, 0.5) is 0 Å². The van der Waals surface area contributed by atoms with Gasteiger partial charge in [0.25, 0.3) is 0 Å². The number of hydrogen-bond donors (Lipinski definition) is 1. The molecule has 0 aliphatic rings. The molecule has 0 saturated heterocycles. The van der Waals surface area contributed by atoms with Gasteiger partial charge >= 0.3 is 11.4 Å². The van der Waals surface area contributed by atoms with Gasteiger partial charge in [-0.1, -0.05) is 63.2 Å². The third kappa shape index (κ3) is 5.78. The highest BCUT2D eigenvalue weighted by Crippen LogP contribution is 2.25. The minimum Gasteiger partial charge on any atom is -0.463 e. The van der Waals surface area contributed by atoms with Crippen molar-refractivity contribution in [2.24, 2.45) is 0 Å². The van der Waals surface area contributed by atoms with Crippen LogP contribution in [0.3, 0.4) is 0 Å². The molecule has 0 amide bonds. The van der Waals surface area contributed by atoms with Gasteiger partial charge in [-0.15, -0.1) is 0 Å². The number of ether oxygens (including phenoxy) is 1. The monoisotopic (exact) mass is 334 g/mol. The van der Waals surface area contributed by atoms with Crippen molar-refractivity contribution in [2.45, 2.75) is 38.9 Å². The molecule has 2 unspecified atom stereocenters. The van der Waals surface area contributed by atoms with Crippen molar-refractivity contribution in [3.05, 3.63) is 65.7 Å². The predicted octanol–water partition coefficient (Wildman–Crippen LogP) is 4.09. The third-order valence-corrected chi connectivity index (χ3v) is 3.80. The highest BCUT2D eigenvalue weighted by Gasteiger charge is 2.17. The molecule has 5 heteroatoms. The maximum absolute atomic E-state index is 11.0. The van der Waals surface area contributed by atoms with E-state index in [2.05, 4.69) is 20.8 Å². The summed E-state index contributed by atoms with van der Waals surface area (Å²) in [5.41, 5.74) is 2.22. The Morgan fingerprint density at radius 2 is 1.65 bits per heavy atom. The fourth-order valence-electron chi connectivity index (χ4n) is 2.18. The van der Waals surface area contributed by atoms with Gasteiger partial charge in [0, 0.05) is 6.42 Å². The predicted molar refractivity (Wildman–Crippen MR) is 91.6 cm³/mol. The summed E-state index contributed by atoms with van der Waals surface area (Å²) in [7, 11) is 0. The average molecular weight is 334 g/mol. The van der Waals surface area contributed by atoms with Crippen molar-refractivity contribution in [3.63, 3.8) is 0 Å². The highest BCUT2D eigenvalue weighted by molar-refractivity contribution is 7.74. The molecule has 0 heterocycles. The summed E-state index contributed by atoms with van der Waals surface area (Å²) >= 11 is -2.39. The first-order valence-corrected chi connectivity index (χ1v) is 8.47. The second kappa shape index (κ2) is 7.73. The molecule has 2 rings (SSSR count). The second-order valence-corrected chi connectivity index (χ2v) is 6.95. The van der Waals surface area contributed by atoms with E-state index < -0.39 is 17.7 Å². The Bertz CT molecular complexity index is 632. The summed E-state index contributed by atoms with van der Waals surface area (Å²) < 4.78 is 30.7. The van der Waals surface area contributed by atoms with E-state index in [1.807, 2.05) is 54.6 Å². The van der Waals surface area contributed by atoms with Crippen molar-refractivity contribution in [1.82, 2.24) is 0 Å². The van der Waals surface area contributed by atoms with Gasteiger partial charge in [-0.2, -0.15) is 4.21 Å². The van der Waals surface area contributed by atoms with Crippen molar-refractivity contribution < 1.29 is 17.7 Å². The maximum atomic E-state index is 11.0. The standard InChI is InChI=1S/C18H22O4S/c1-18(2,3)15-9-11-16(12-10-15)21-17(22-23(19)20)13-14-7-5-4-6-8-14/h4-12,17H,13H2,1-3H3,(H,19,20). The number of benzene rings is 2. The average Bonchev–Trinajstić information content (AvgIpc) is 2.47. The summed E-state index contributed by atoms with van der Waals surface area (Å²) in [6.45, 7) is 6.41. The fraction of sp³-hybridized carbons (Fsp3) is 0.333. The van der Waals surface area contributed by atoms with E-state index in [0.717, 1.165) is 5.56 Å². The molecular formula is C18H22O4S. The van der Waals surface area contributed by atoms with Gasteiger partial charge in [0.15, 0.2) is 0 Å². The van der Waals surface area contributed by atoms with Gasteiger partial charge in [0.1, 0.15) is 5.75 Å². The van der Waals surface area contributed by atoms with Gasteiger partial charge in [0.05, 0.1) is 0 Å². The first kappa shape index (κ1) is 17.7. The van der Waals surface area contributed by atoms with E-state index in [9.17, 15) is 4.21 Å². The number of hydrogen-bond acceptors (Lipinski definition) is 3. The quantitative estimate of drug-likeness (QED) is 0.639. The zero-order valence-electron chi connectivity index (χ0n) is 13.6. The molecule has 0 aliphatic carbocycles. The van der Waals surface area contributed by atoms with E-state index in [0.29, 0.717) is 12.2 Å². The van der Waals surface area contributed by atoms with Gasteiger partial charge in [-0.3, -0.25) is 4.55 Å². The van der Waals surface area contributed by atoms with Crippen LogP contribution in [0.25, 0.3) is 0 Å². The SMILES string of the molecule is CC(C)(C)c1ccc(OC(Cc2ccccc2)OS(=O)O)cc1. The Morgan fingerprint density at radius 1 is 1.04 bits per heavy atom. The second-order valence-electron chi connectivity index (χ2n) is 6.32. The molecule has 2 aromatic carbocycles. The Balaban J connectivity index is 2.09. The van der Waals surface area contributed by atoms with Crippen LogP contribution in [0.15, 0.2) is 54.6 Å². The summed E-state index contributed by atoms with van der Waals surface area (Å²) in [4.78, 5) is 0. The van der Waals surface area contributed by atoms with Crippen molar-refractivity contribution in [3.8, 4) is 5.75 Å². The first-order chi connectivity index (χ1) is 10.8. The van der Waals surface area contributed by atoms with Crippen LogP contribution in [0.1, 0.15) is 31.9 Å². The van der Waals surface area contributed by atoms with Crippen LogP contribution >= 0.6 is 0 Å². The molecule has 0 bridgehead atoms. The molecule has 1 N–H and O–H groups in total. The zero-order valence-corrected chi connectivity index (χ0v) is 14.4. The van der Waals surface area contributed by atoms with Crippen LogP contribution in [0, 0.1) is 0 Å². The first-order valence-electron chi connectivity index (χ1n) is 7.44. The summed E-state index contributed by atoms with van der Waals surface area (Å²) in [6.07, 6.45) is -0.447. The lowest BCUT2D eigenvalue weighted by atomic mass is 9.87. The lowest BCUT2D eigenvalue weighted by Crippen LogP contribution is -2.24. The highest BCUT2D eigenvalue weighted by atomic mass is 32.2. The molecule has 0 aromatic heterocycles. The molecule has 0 saturated carbocycles. The summed E-state index contributed by atoms with van der Waals surface area (Å²) in [6, 6.07) is 17.2. The van der Waals surface area contributed by atoms with Crippen molar-refractivity contribution >= 4 is 11.4 Å². The normalized spacial score (nSPS) is 14.3. The summed E-state index contributed by atoms with van der Waals surface area (Å²) in [5.74, 6) is 0.601. The zero-order chi connectivity index (χ0) is 16.9. The lowest BCUT2D eigenvalue weighted by Gasteiger charge is -2.21. The van der Waals surface area contributed by atoms with E-state index in [-0.39, 0.29) is 5.41 Å².